The van der Waals surface area contributed by atoms with Gasteiger partial charge in [-0.1, -0.05) is 26.0 Å². The molecule has 2 N–H and O–H groups in total. The molecule has 1 atom stereocenters. The Balaban J connectivity index is 2.68. The first-order valence-electron chi connectivity index (χ1n) is 8.13. The number of aliphatic imine (C=N–C) groups is 1. The fourth-order valence-corrected chi connectivity index (χ4v) is 2.35. The molecule has 4 nitrogen and oxygen atoms in total. The van der Waals surface area contributed by atoms with Crippen LogP contribution in [0.4, 0.5) is 0 Å². The van der Waals surface area contributed by atoms with E-state index in [1.54, 1.807) is 0 Å². The van der Waals surface area contributed by atoms with Gasteiger partial charge in [0.1, 0.15) is 0 Å². The molecule has 1 fully saturated rings. The zero-order valence-electron chi connectivity index (χ0n) is 13.9. The molecule has 0 amide bonds. The van der Waals surface area contributed by atoms with Crippen molar-refractivity contribution < 1.29 is 0 Å². The summed E-state index contributed by atoms with van der Waals surface area (Å²) < 4.78 is 0. The van der Waals surface area contributed by atoms with Gasteiger partial charge in [0.2, 0.25) is 0 Å². The molecule has 120 valence electrons. The van der Waals surface area contributed by atoms with Crippen LogP contribution in [-0.4, -0.2) is 49.1 Å². The summed E-state index contributed by atoms with van der Waals surface area (Å²) in [6.07, 6.45) is 6.43. The molecule has 0 spiro atoms. The SMILES string of the molecule is C=CCN(CC=C)C(CN=C(NCC)NC1CC1)C(C)C. The monoisotopic (exact) mass is 292 g/mol. The van der Waals surface area contributed by atoms with E-state index in [2.05, 4.69) is 49.5 Å². The molecule has 1 aliphatic rings. The quantitative estimate of drug-likeness (QED) is 0.369. The Bertz CT molecular complexity index is 335. The largest absolute Gasteiger partial charge is 0.357 e. The normalized spacial score (nSPS) is 16.9. The Morgan fingerprint density at radius 2 is 1.90 bits per heavy atom. The summed E-state index contributed by atoms with van der Waals surface area (Å²) in [5.41, 5.74) is 0. The highest BCUT2D eigenvalue weighted by atomic mass is 15.2. The Morgan fingerprint density at radius 3 is 2.33 bits per heavy atom. The predicted octanol–water partition coefficient (Wildman–Crippen LogP) is 2.40. The van der Waals surface area contributed by atoms with Crippen molar-refractivity contribution in [2.24, 2.45) is 10.9 Å². The van der Waals surface area contributed by atoms with Crippen LogP contribution in [0, 0.1) is 5.92 Å². The van der Waals surface area contributed by atoms with Gasteiger partial charge < -0.3 is 10.6 Å². The van der Waals surface area contributed by atoms with Gasteiger partial charge in [-0.3, -0.25) is 9.89 Å². The lowest BCUT2D eigenvalue weighted by molar-refractivity contribution is 0.195. The highest BCUT2D eigenvalue weighted by molar-refractivity contribution is 5.80. The highest BCUT2D eigenvalue weighted by Gasteiger charge is 2.23. The fourth-order valence-electron chi connectivity index (χ4n) is 2.35. The Hall–Kier alpha value is -1.29. The molecular formula is C17H32N4. The van der Waals surface area contributed by atoms with Crippen molar-refractivity contribution in [3.05, 3.63) is 25.3 Å². The summed E-state index contributed by atoms with van der Waals surface area (Å²) in [6, 6.07) is 1.02. The molecule has 21 heavy (non-hydrogen) atoms. The van der Waals surface area contributed by atoms with Gasteiger partial charge in [-0.25, -0.2) is 0 Å². The zero-order chi connectivity index (χ0) is 15.7. The second-order valence-corrected chi connectivity index (χ2v) is 5.98. The summed E-state index contributed by atoms with van der Waals surface area (Å²) in [7, 11) is 0. The number of guanidine groups is 1. The molecule has 0 aromatic carbocycles. The summed E-state index contributed by atoms with van der Waals surface area (Å²) in [5, 5.41) is 6.80. The van der Waals surface area contributed by atoms with Gasteiger partial charge >= 0.3 is 0 Å². The molecule has 0 bridgehead atoms. The van der Waals surface area contributed by atoms with Crippen molar-refractivity contribution in [1.29, 1.82) is 0 Å². The summed E-state index contributed by atoms with van der Waals surface area (Å²) in [5.74, 6) is 1.49. The van der Waals surface area contributed by atoms with E-state index in [0.29, 0.717) is 18.0 Å². The minimum Gasteiger partial charge on any atom is -0.357 e. The minimum absolute atomic E-state index is 0.399. The standard InChI is InChI=1S/C17H32N4/c1-6-11-21(12-7-2)16(14(4)5)13-19-17(18-8-3)20-15-9-10-15/h6-7,14-16H,1-2,8-13H2,3-5H3,(H2,18,19,20). The van der Waals surface area contributed by atoms with Crippen LogP contribution in [-0.2, 0) is 0 Å². The molecule has 0 aliphatic heterocycles. The molecule has 1 saturated carbocycles. The van der Waals surface area contributed by atoms with E-state index >= 15 is 0 Å². The van der Waals surface area contributed by atoms with Crippen molar-refractivity contribution in [2.45, 2.75) is 45.7 Å². The van der Waals surface area contributed by atoms with Gasteiger partial charge in [0.05, 0.1) is 6.54 Å². The van der Waals surface area contributed by atoms with Crippen molar-refractivity contribution in [3.8, 4) is 0 Å². The maximum Gasteiger partial charge on any atom is 0.191 e. The fraction of sp³-hybridized carbons (Fsp3) is 0.706. The van der Waals surface area contributed by atoms with Crippen LogP contribution >= 0.6 is 0 Å². The maximum absolute atomic E-state index is 4.78. The molecular weight excluding hydrogens is 260 g/mol. The molecule has 0 heterocycles. The lowest BCUT2D eigenvalue weighted by Gasteiger charge is -2.32. The van der Waals surface area contributed by atoms with Gasteiger partial charge in [-0.05, 0) is 25.7 Å². The van der Waals surface area contributed by atoms with Crippen molar-refractivity contribution in [2.75, 3.05) is 26.2 Å². The van der Waals surface area contributed by atoms with Crippen molar-refractivity contribution in [1.82, 2.24) is 15.5 Å². The molecule has 0 radical (unpaired) electrons. The summed E-state index contributed by atoms with van der Waals surface area (Å²) >= 11 is 0. The number of hydrogen-bond acceptors (Lipinski definition) is 2. The van der Waals surface area contributed by atoms with Gasteiger partial charge in [-0.15, -0.1) is 13.2 Å². The molecule has 0 aromatic heterocycles. The molecule has 0 aromatic rings. The third-order valence-electron chi connectivity index (χ3n) is 3.66. The smallest absolute Gasteiger partial charge is 0.191 e. The van der Waals surface area contributed by atoms with Crippen LogP contribution < -0.4 is 10.6 Å². The number of rotatable bonds is 10. The van der Waals surface area contributed by atoms with E-state index in [0.717, 1.165) is 32.1 Å². The van der Waals surface area contributed by atoms with Gasteiger partial charge in [0.25, 0.3) is 0 Å². The summed E-state index contributed by atoms with van der Waals surface area (Å²) in [4.78, 5) is 7.17. The van der Waals surface area contributed by atoms with Crippen LogP contribution in [0.25, 0.3) is 0 Å². The van der Waals surface area contributed by atoms with E-state index < -0.39 is 0 Å². The second-order valence-electron chi connectivity index (χ2n) is 5.98. The molecule has 1 rings (SSSR count). The van der Waals surface area contributed by atoms with Crippen LogP contribution in [0.5, 0.6) is 0 Å². The number of nitrogens with one attached hydrogen (secondary N) is 2. The first kappa shape index (κ1) is 17.8. The van der Waals surface area contributed by atoms with Gasteiger partial charge in [-0.2, -0.15) is 0 Å². The minimum atomic E-state index is 0.399. The third kappa shape index (κ3) is 6.80. The second kappa shape index (κ2) is 9.61. The average Bonchev–Trinajstić information content (AvgIpc) is 3.23. The zero-order valence-corrected chi connectivity index (χ0v) is 13.9. The van der Waals surface area contributed by atoms with E-state index in [1.807, 2.05) is 12.2 Å². The van der Waals surface area contributed by atoms with Gasteiger partial charge in [0, 0.05) is 31.7 Å². The van der Waals surface area contributed by atoms with Crippen molar-refractivity contribution >= 4 is 5.96 Å². The van der Waals surface area contributed by atoms with Crippen molar-refractivity contribution in [3.63, 3.8) is 0 Å². The highest BCUT2D eigenvalue weighted by Crippen LogP contribution is 2.18. The topological polar surface area (TPSA) is 39.7 Å². The number of nitrogens with zero attached hydrogens (tertiary/aromatic N) is 2. The Kier molecular flexibility index (Phi) is 8.13. The van der Waals surface area contributed by atoms with Crippen LogP contribution in [0.3, 0.4) is 0 Å². The first-order valence-corrected chi connectivity index (χ1v) is 8.13. The predicted molar refractivity (Wildman–Crippen MR) is 92.7 cm³/mol. The maximum atomic E-state index is 4.78. The van der Waals surface area contributed by atoms with Gasteiger partial charge in [0.15, 0.2) is 5.96 Å². The van der Waals surface area contributed by atoms with E-state index in [9.17, 15) is 0 Å². The Morgan fingerprint density at radius 1 is 1.29 bits per heavy atom. The van der Waals surface area contributed by atoms with E-state index in [-0.39, 0.29) is 0 Å². The lowest BCUT2D eigenvalue weighted by Crippen LogP contribution is -2.44. The van der Waals surface area contributed by atoms with Crippen LogP contribution in [0.2, 0.25) is 0 Å². The Labute approximate surface area is 130 Å². The van der Waals surface area contributed by atoms with E-state index in [4.69, 9.17) is 4.99 Å². The third-order valence-corrected chi connectivity index (χ3v) is 3.66. The molecule has 1 unspecified atom stereocenters. The van der Waals surface area contributed by atoms with Crippen LogP contribution in [0.15, 0.2) is 30.3 Å². The number of hydrogen-bond donors (Lipinski definition) is 2. The lowest BCUT2D eigenvalue weighted by atomic mass is 10.0. The first-order chi connectivity index (χ1) is 10.1. The summed E-state index contributed by atoms with van der Waals surface area (Å²) in [6.45, 7) is 17.8. The van der Waals surface area contributed by atoms with Crippen LogP contribution in [0.1, 0.15) is 33.6 Å². The van der Waals surface area contributed by atoms with E-state index in [1.165, 1.54) is 12.8 Å². The molecule has 0 saturated heterocycles. The molecule has 1 aliphatic carbocycles. The average molecular weight is 292 g/mol. The molecule has 4 heteroatoms.